The van der Waals surface area contributed by atoms with E-state index in [2.05, 4.69) is 9.47 Å². The predicted molar refractivity (Wildman–Crippen MR) is 109 cm³/mol. The minimum atomic E-state index is -2.16. The normalized spacial score (nSPS) is 36.9. The lowest BCUT2D eigenvalue weighted by atomic mass is 10.00. The summed E-state index contributed by atoms with van der Waals surface area (Å²) in [6.45, 7) is -2.04. The summed E-state index contributed by atoms with van der Waals surface area (Å²) in [7, 11) is 0. The molecule has 0 saturated carbocycles. The number of hydrogen-bond donors (Lipinski definition) is 11. The summed E-state index contributed by atoms with van der Waals surface area (Å²) in [4.78, 5) is 9.96. The van der Waals surface area contributed by atoms with Crippen LogP contribution in [-0.4, -0.2) is 137 Å². The maximum Gasteiger partial charge on any atom is 0.219 e. The first-order valence-corrected chi connectivity index (χ1v) is 9.60. The number of aliphatic hydroxyl groups is 11. The van der Waals surface area contributed by atoms with Gasteiger partial charge in [0.2, 0.25) is 5.79 Å². The zero-order chi connectivity index (χ0) is 25.3. The fourth-order valence-electron chi connectivity index (χ4n) is 2.77. The smallest absolute Gasteiger partial charge is 0.219 e. The lowest BCUT2D eigenvalue weighted by Crippen LogP contribution is -2.58. The van der Waals surface area contributed by atoms with Gasteiger partial charge in [0.1, 0.15) is 55.1 Å². The lowest BCUT2D eigenvalue weighted by Gasteiger charge is -2.37. The molecule has 1 aromatic rings. The van der Waals surface area contributed by atoms with Crippen LogP contribution in [0.5, 0.6) is 0 Å². The van der Waals surface area contributed by atoms with Gasteiger partial charge in [0.25, 0.3) is 0 Å². The van der Waals surface area contributed by atoms with Crippen molar-refractivity contribution in [3.8, 4) is 0 Å². The van der Waals surface area contributed by atoms with Crippen LogP contribution in [0.2, 0.25) is 0 Å². The van der Waals surface area contributed by atoms with Gasteiger partial charge < -0.3 is 70.1 Å². The predicted octanol–water partition coefficient (Wildman–Crippen LogP) is -5.22. The van der Waals surface area contributed by atoms with Gasteiger partial charge in [-0.3, -0.25) is 4.79 Å². The highest BCUT2D eigenvalue weighted by Gasteiger charge is 2.52. The van der Waals surface area contributed by atoms with Gasteiger partial charge in [0.05, 0.1) is 19.8 Å². The summed E-state index contributed by atoms with van der Waals surface area (Å²) < 4.78 is 14.0. The summed E-state index contributed by atoms with van der Waals surface area (Å²) >= 11 is 0. The molecule has 1 aromatic heterocycles. The van der Waals surface area contributed by atoms with Crippen LogP contribution in [0, 0.1) is 0 Å². The van der Waals surface area contributed by atoms with Gasteiger partial charge in [-0.15, -0.1) is 0 Å². The maximum atomic E-state index is 9.96. The van der Waals surface area contributed by atoms with E-state index in [9.17, 15) is 9.90 Å². The molecule has 0 aliphatic carbocycles. The Bertz CT molecular complexity index is 687. The lowest BCUT2D eigenvalue weighted by molar-refractivity contribution is -0.286. The van der Waals surface area contributed by atoms with E-state index in [-0.39, 0.29) is 19.8 Å². The second-order valence-corrected chi connectivity index (χ2v) is 7.08. The van der Waals surface area contributed by atoms with Crippen LogP contribution in [0.1, 0.15) is 23.7 Å². The third-order valence-electron chi connectivity index (χ3n) is 4.75. The molecule has 11 N–H and O–H groups in total. The third-order valence-corrected chi connectivity index (χ3v) is 4.75. The van der Waals surface area contributed by atoms with E-state index in [1.165, 1.54) is 6.07 Å². The molecular weight excluding hydrogens is 468 g/mol. The van der Waals surface area contributed by atoms with Crippen LogP contribution < -0.4 is 0 Å². The molecule has 2 aliphatic heterocycles. The first kappa shape index (κ1) is 32.4. The second kappa shape index (κ2) is 14.7. The number of ether oxygens (including phenoxy) is 2. The Hall–Kier alpha value is -1.57. The fourth-order valence-corrected chi connectivity index (χ4v) is 2.77. The maximum absolute atomic E-state index is 9.96. The molecule has 2 fully saturated rings. The van der Waals surface area contributed by atoms with Crippen molar-refractivity contribution in [3.63, 3.8) is 0 Å². The van der Waals surface area contributed by atoms with Crippen LogP contribution in [0.4, 0.5) is 0 Å². The highest BCUT2D eigenvalue weighted by molar-refractivity contribution is 5.70. The van der Waals surface area contributed by atoms with Crippen LogP contribution in [0.3, 0.4) is 0 Å². The van der Waals surface area contributed by atoms with E-state index in [0.29, 0.717) is 12.0 Å². The van der Waals surface area contributed by atoms with E-state index in [1.54, 1.807) is 6.07 Å². The van der Waals surface area contributed by atoms with Crippen LogP contribution >= 0.6 is 0 Å². The van der Waals surface area contributed by atoms with Gasteiger partial charge in [-0.25, -0.2) is 0 Å². The molecule has 2 aliphatic rings. The zero-order valence-corrected chi connectivity index (χ0v) is 17.2. The SMILES string of the molecule is C.O=Cc1ccc(CO)o1.OCC1OC(O)C(O)[C@H](O)[C@@H]1O.OC[C@H]1O[C@@](O)(CO)C(O)[C@H]1O. The van der Waals surface area contributed by atoms with Crippen molar-refractivity contribution in [2.45, 2.75) is 68.8 Å². The van der Waals surface area contributed by atoms with Gasteiger partial charge in [-0.1, -0.05) is 7.43 Å². The number of rotatable bonds is 5. The highest BCUT2D eigenvalue weighted by atomic mass is 16.7. The van der Waals surface area contributed by atoms with Crippen LogP contribution in [0.25, 0.3) is 0 Å². The molecule has 15 nitrogen and oxygen atoms in total. The number of aldehydes is 1. The fraction of sp³-hybridized carbons (Fsp3) is 0.737. The summed E-state index contributed by atoms with van der Waals surface area (Å²) in [5.41, 5.74) is 0. The number of carbonyl (C=O) groups is 1. The van der Waals surface area contributed by atoms with E-state index in [1.807, 2.05) is 0 Å². The molecule has 0 amide bonds. The number of furan rings is 1. The van der Waals surface area contributed by atoms with Crippen molar-refractivity contribution < 1.29 is 74.9 Å². The molecule has 0 aromatic carbocycles. The molecule has 34 heavy (non-hydrogen) atoms. The van der Waals surface area contributed by atoms with Crippen LogP contribution in [0.15, 0.2) is 16.5 Å². The largest absolute Gasteiger partial charge is 0.456 e. The highest BCUT2D eigenvalue weighted by Crippen LogP contribution is 2.28. The topological polar surface area (TPSA) is 271 Å². The van der Waals surface area contributed by atoms with Gasteiger partial charge in [0.15, 0.2) is 18.3 Å². The number of aliphatic hydroxyl groups excluding tert-OH is 10. The molecule has 0 spiro atoms. The van der Waals surface area contributed by atoms with Crippen LogP contribution in [-0.2, 0) is 16.1 Å². The standard InChI is InChI=1S/2C6H12O6.C6H6O3.CH4/c7-1-3-4(9)5(10)6(11,2-8)12-3;7-1-2-3(8)4(9)5(10)6(11)12-2;7-3-5-1-2-6(4-8)9-5;/h3-5,7-11H,1-2H2;2-11H,1H2;1-3,8H,4H2;1H4/t3-,4+,5?,6+;2?,3-,4-,5?,6?;;/m11../s1. The van der Waals surface area contributed by atoms with E-state index in [0.717, 1.165) is 0 Å². The van der Waals surface area contributed by atoms with E-state index < -0.39 is 74.6 Å². The van der Waals surface area contributed by atoms with Crippen molar-refractivity contribution in [1.82, 2.24) is 0 Å². The average Bonchev–Trinajstić information content (AvgIpc) is 3.39. The Labute approximate surface area is 194 Å². The molecule has 4 unspecified atom stereocenters. The molecule has 15 heteroatoms. The Morgan fingerprint density at radius 2 is 1.44 bits per heavy atom. The van der Waals surface area contributed by atoms with Crippen molar-refractivity contribution in [1.29, 1.82) is 0 Å². The Morgan fingerprint density at radius 3 is 1.79 bits per heavy atom. The Morgan fingerprint density at radius 1 is 0.853 bits per heavy atom. The molecule has 3 heterocycles. The first-order chi connectivity index (χ1) is 15.5. The van der Waals surface area contributed by atoms with Crippen molar-refractivity contribution in [3.05, 3.63) is 23.7 Å². The summed E-state index contributed by atoms with van der Waals surface area (Å²) in [6.07, 6.45) is -10.5. The van der Waals surface area contributed by atoms with Crippen molar-refractivity contribution in [2.24, 2.45) is 0 Å². The average molecular weight is 502 g/mol. The second-order valence-electron chi connectivity index (χ2n) is 7.08. The van der Waals surface area contributed by atoms with Gasteiger partial charge >= 0.3 is 0 Å². The van der Waals surface area contributed by atoms with E-state index >= 15 is 0 Å². The van der Waals surface area contributed by atoms with Crippen molar-refractivity contribution >= 4 is 6.29 Å². The van der Waals surface area contributed by atoms with Crippen molar-refractivity contribution in [2.75, 3.05) is 19.8 Å². The Balaban J connectivity index is 0.000000479. The minimum Gasteiger partial charge on any atom is -0.456 e. The first-order valence-electron chi connectivity index (χ1n) is 9.60. The minimum absolute atomic E-state index is 0. The molecular formula is C19H34O15. The molecule has 0 bridgehead atoms. The monoisotopic (exact) mass is 502 g/mol. The number of carbonyl (C=O) groups excluding carboxylic acids is 1. The quantitative estimate of drug-likeness (QED) is 0.168. The van der Waals surface area contributed by atoms with Gasteiger partial charge in [-0.05, 0) is 12.1 Å². The summed E-state index contributed by atoms with van der Waals surface area (Å²) in [5, 5.41) is 97.8. The molecule has 9 atom stereocenters. The molecule has 0 radical (unpaired) electrons. The van der Waals surface area contributed by atoms with E-state index in [4.69, 9.17) is 55.5 Å². The number of hydrogen-bond acceptors (Lipinski definition) is 15. The van der Waals surface area contributed by atoms with Gasteiger partial charge in [0, 0.05) is 0 Å². The molecule has 2 saturated heterocycles. The van der Waals surface area contributed by atoms with Gasteiger partial charge in [-0.2, -0.15) is 0 Å². The summed E-state index contributed by atoms with van der Waals surface area (Å²) in [6, 6.07) is 3.07. The zero-order valence-electron chi connectivity index (χ0n) is 17.2. The Kier molecular flexibility index (Phi) is 14.1. The summed E-state index contributed by atoms with van der Waals surface area (Å²) in [5.74, 6) is -1.50. The molecule has 3 rings (SSSR count). The third kappa shape index (κ3) is 7.99. The molecule has 200 valence electrons.